The van der Waals surface area contributed by atoms with Gasteiger partial charge < -0.3 is 10.2 Å². The molecule has 2 aliphatic rings. The van der Waals surface area contributed by atoms with E-state index in [2.05, 4.69) is 12.2 Å². The van der Waals surface area contributed by atoms with Crippen molar-refractivity contribution in [1.29, 1.82) is 0 Å². The van der Waals surface area contributed by atoms with Crippen molar-refractivity contribution in [2.45, 2.75) is 55.0 Å². The molecule has 5 rings (SSSR count). The summed E-state index contributed by atoms with van der Waals surface area (Å²) in [7, 11) is -4.00. The normalized spacial score (nSPS) is 20.7. The Morgan fingerprint density at radius 3 is 2.47 bits per heavy atom. The standard InChI is InChI=1S/C28H27ClN2O4S/c1-18-6-2-4-8-23(18)30-27(32)20-12-15-26-24(16-20)31(17-19-10-13-21(29)14-11-19)28(33)22-7-3-5-9-25(22)36(26,34)35/h3,5,7,9-16,18,23H,2,4,6,8,17H2,1H3,(H,30,32)/t18-,23-/m0/s1. The number of carbonyl (C=O) groups is 2. The number of hydrogen-bond donors (Lipinski definition) is 1. The third-order valence-electron chi connectivity index (χ3n) is 7.14. The van der Waals surface area contributed by atoms with E-state index in [4.69, 9.17) is 11.6 Å². The number of rotatable bonds is 4. The fraction of sp³-hybridized carbons (Fsp3) is 0.286. The van der Waals surface area contributed by atoms with E-state index >= 15 is 0 Å². The Kier molecular flexibility index (Phi) is 6.62. The van der Waals surface area contributed by atoms with Crippen molar-refractivity contribution in [3.8, 4) is 0 Å². The van der Waals surface area contributed by atoms with Gasteiger partial charge in [0.1, 0.15) is 0 Å². The molecule has 6 nitrogen and oxygen atoms in total. The molecule has 0 bridgehead atoms. The lowest BCUT2D eigenvalue weighted by Crippen LogP contribution is -2.41. The maximum absolute atomic E-state index is 13.7. The number of nitrogens with zero attached hydrogens (tertiary/aromatic N) is 1. The van der Waals surface area contributed by atoms with E-state index in [0.717, 1.165) is 31.2 Å². The van der Waals surface area contributed by atoms with Crippen molar-refractivity contribution in [3.63, 3.8) is 0 Å². The van der Waals surface area contributed by atoms with Gasteiger partial charge in [0, 0.05) is 16.6 Å². The second-order valence-electron chi connectivity index (χ2n) is 9.54. The van der Waals surface area contributed by atoms with Gasteiger partial charge in [0.15, 0.2) is 0 Å². The Labute approximate surface area is 216 Å². The molecule has 0 spiro atoms. The topological polar surface area (TPSA) is 83.6 Å². The molecule has 8 heteroatoms. The Bertz CT molecular complexity index is 1440. The lowest BCUT2D eigenvalue weighted by atomic mass is 9.86. The van der Waals surface area contributed by atoms with Crippen molar-refractivity contribution < 1.29 is 18.0 Å². The van der Waals surface area contributed by atoms with Gasteiger partial charge in [-0.1, -0.05) is 55.6 Å². The molecule has 1 aliphatic carbocycles. The minimum Gasteiger partial charge on any atom is -0.349 e. The summed E-state index contributed by atoms with van der Waals surface area (Å²) in [4.78, 5) is 28.3. The molecule has 1 fully saturated rings. The highest BCUT2D eigenvalue weighted by Crippen LogP contribution is 2.38. The maximum atomic E-state index is 13.7. The first-order chi connectivity index (χ1) is 17.3. The van der Waals surface area contributed by atoms with Crippen molar-refractivity contribution in [2.75, 3.05) is 4.90 Å². The summed E-state index contributed by atoms with van der Waals surface area (Å²) in [5, 5.41) is 3.68. The molecule has 1 heterocycles. The molecule has 0 radical (unpaired) electrons. The van der Waals surface area contributed by atoms with Gasteiger partial charge in [-0.15, -0.1) is 0 Å². The molecule has 2 amide bonds. The average Bonchev–Trinajstić information content (AvgIpc) is 2.94. The van der Waals surface area contributed by atoms with Crippen LogP contribution in [0.25, 0.3) is 0 Å². The lowest BCUT2D eigenvalue weighted by Gasteiger charge is -2.29. The highest BCUT2D eigenvalue weighted by molar-refractivity contribution is 7.91. The maximum Gasteiger partial charge on any atom is 0.259 e. The van der Waals surface area contributed by atoms with Crippen molar-refractivity contribution >= 4 is 38.9 Å². The fourth-order valence-corrected chi connectivity index (χ4v) is 6.82. The average molecular weight is 523 g/mol. The minimum atomic E-state index is -4.00. The zero-order valence-electron chi connectivity index (χ0n) is 19.9. The lowest BCUT2D eigenvalue weighted by molar-refractivity contribution is 0.0908. The number of halogens is 1. The van der Waals surface area contributed by atoms with Gasteiger partial charge in [0.05, 0.1) is 27.6 Å². The molecule has 186 valence electrons. The van der Waals surface area contributed by atoms with Crippen LogP contribution < -0.4 is 10.2 Å². The summed E-state index contributed by atoms with van der Waals surface area (Å²) >= 11 is 6.04. The van der Waals surface area contributed by atoms with Gasteiger partial charge in [-0.25, -0.2) is 8.42 Å². The van der Waals surface area contributed by atoms with Crippen LogP contribution in [0.2, 0.25) is 5.02 Å². The number of amides is 2. The van der Waals surface area contributed by atoms with Crippen molar-refractivity contribution in [3.05, 3.63) is 88.4 Å². The van der Waals surface area contributed by atoms with E-state index in [1.807, 2.05) is 0 Å². The van der Waals surface area contributed by atoms with Gasteiger partial charge in [0.25, 0.3) is 11.8 Å². The molecule has 3 aromatic carbocycles. The number of carbonyl (C=O) groups excluding carboxylic acids is 2. The van der Waals surface area contributed by atoms with Crippen LogP contribution in [0.5, 0.6) is 0 Å². The fourth-order valence-electron chi connectivity index (χ4n) is 5.06. The van der Waals surface area contributed by atoms with Crippen LogP contribution in [0.4, 0.5) is 5.69 Å². The smallest absolute Gasteiger partial charge is 0.259 e. The van der Waals surface area contributed by atoms with Gasteiger partial charge >= 0.3 is 0 Å². The monoisotopic (exact) mass is 522 g/mol. The third kappa shape index (κ3) is 4.53. The van der Waals surface area contributed by atoms with Crippen molar-refractivity contribution in [1.82, 2.24) is 5.32 Å². The zero-order valence-corrected chi connectivity index (χ0v) is 21.5. The molecule has 1 saturated carbocycles. The molecule has 0 unspecified atom stereocenters. The van der Waals surface area contributed by atoms with Crippen LogP contribution in [0.15, 0.2) is 76.5 Å². The molecule has 36 heavy (non-hydrogen) atoms. The van der Waals surface area contributed by atoms with Gasteiger partial charge in [-0.3, -0.25) is 9.59 Å². The minimum absolute atomic E-state index is 0.00246. The predicted octanol–water partition coefficient (Wildman–Crippen LogP) is 5.64. The van der Waals surface area contributed by atoms with Gasteiger partial charge in [-0.2, -0.15) is 0 Å². The first-order valence-electron chi connectivity index (χ1n) is 12.1. The molecule has 2 atom stereocenters. The molecular formula is C28H27ClN2O4S. The number of anilines is 1. The summed E-state index contributed by atoms with van der Waals surface area (Å²) in [6, 6.07) is 17.8. The first kappa shape index (κ1) is 24.5. The highest BCUT2D eigenvalue weighted by atomic mass is 35.5. The molecule has 0 aromatic heterocycles. The second kappa shape index (κ2) is 9.71. The van der Waals surface area contributed by atoms with Crippen LogP contribution in [-0.2, 0) is 16.4 Å². The summed E-state index contributed by atoms with van der Waals surface area (Å²) in [6.07, 6.45) is 4.21. The summed E-state index contributed by atoms with van der Waals surface area (Å²) < 4.78 is 27.3. The zero-order chi connectivity index (χ0) is 25.4. The highest BCUT2D eigenvalue weighted by Gasteiger charge is 2.36. The predicted molar refractivity (Wildman–Crippen MR) is 139 cm³/mol. The van der Waals surface area contributed by atoms with E-state index in [-0.39, 0.29) is 39.5 Å². The molecular weight excluding hydrogens is 496 g/mol. The van der Waals surface area contributed by atoms with E-state index < -0.39 is 15.7 Å². The van der Waals surface area contributed by atoms with Crippen LogP contribution in [0.1, 0.15) is 58.9 Å². The number of hydrogen-bond acceptors (Lipinski definition) is 4. The SMILES string of the molecule is C[C@H]1CCCC[C@@H]1NC(=O)c1ccc2c(c1)N(Cc1ccc(Cl)cc1)C(=O)c1ccccc1S2(=O)=O. The summed E-state index contributed by atoms with van der Waals surface area (Å²) in [6.45, 7) is 2.26. The Hall–Kier alpha value is -3.16. The second-order valence-corrected chi connectivity index (χ2v) is 11.9. The quantitative estimate of drug-likeness (QED) is 0.480. The molecule has 0 saturated heterocycles. The number of sulfone groups is 1. The molecule has 3 aromatic rings. The number of nitrogens with one attached hydrogen (secondary N) is 1. The van der Waals surface area contributed by atoms with Crippen LogP contribution in [0.3, 0.4) is 0 Å². The van der Waals surface area contributed by atoms with E-state index in [1.54, 1.807) is 36.4 Å². The van der Waals surface area contributed by atoms with E-state index in [9.17, 15) is 18.0 Å². The summed E-state index contributed by atoms with van der Waals surface area (Å²) in [5.41, 5.74) is 1.39. The van der Waals surface area contributed by atoms with E-state index in [0.29, 0.717) is 16.5 Å². The van der Waals surface area contributed by atoms with Crippen LogP contribution in [-0.4, -0.2) is 26.3 Å². The Morgan fingerprint density at radius 1 is 1.00 bits per heavy atom. The van der Waals surface area contributed by atoms with Gasteiger partial charge in [-0.05, 0) is 66.8 Å². The Morgan fingerprint density at radius 2 is 1.72 bits per heavy atom. The van der Waals surface area contributed by atoms with E-state index in [1.165, 1.54) is 35.2 Å². The summed E-state index contributed by atoms with van der Waals surface area (Å²) in [5.74, 6) is -0.336. The molecule has 1 N–H and O–H groups in total. The molecule has 1 aliphatic heterocycles. The third-order valence-corrected chi connectivity index (χ3v) is 9.25. The van der Waals surface area contributed by atoms with Crippen LogP contribution in [0, 0.1) is 5.92 Å². The van der Waals surface area contributed by atoms with Crippen molar-refractivity contribution in [2.24, 2.45) is 5.92 Å². The first-order valence-corrected chi connectivity index (χ1v) is 14.0. The number of fused-ring (bicyclic) bond motifs is 2. The Balaban J connectivity index is 1.60. The largest absolute Gasteiger partial charge is 0.349 e. The number of benzene rings is 3. The van der Waals surface area contributed by atoms with Gasteiger partial charge in [0.2, 0.25) is 9.84 Å². The van der Waals surface area contributed by atoms with Crippen LogP contribution >= 0.6 is 11.6 Å².